The Morgan fingerprint density at radius 2 is 1.84 bits per heavy atom. The molecule has 1 fully saturated rings. The number of carbonyl (C=O) groups is 3. The number of nitrogens with one attached hydrogen (secondary N) is 3. The van der Waals surface area contributed by atoms with Gasteiger partial charge in [0, 0.05) is 36.9 Å². The van der Waals surface area contributed by atoms with Crippen LogP contribution in [-0.4, -0.2) is 35.8 Å². The third-order valence-corrected chi connectivity index (χ3v) is 6.65. The second-order valence-electron chi connectivity index (χ2n) is 9.55. The monoisotopic (exact) mass is 498 g/mol. The average molecular weight is 499 g/mol. The van der Waals surface area contributed by atoms with Gasteiger partial charge in [-0.05, 0) is 66.8 Å². The Balaban J connectivity index is 0.000000195. The van der Waals surface area contributed by atoms with E-state index < -0.39 is 0 Å². The minimum Gasteiger partial charge on any atom is -0.482 e. The Morgan fingerprint density at radius 1 is 1.05 bits per heavy atom. The Bertz CT molecular complexity index is 1320. The van der Waals surface area contributed by atoms with Crippen LogP contribution < -0.4 is 20.7 Å². The number of amides is 3. The van der Waals surface area contributed by atoms with Crippen molar-refractivity contribution in [1.82, 2.24) is 10.2 Å². The van der Waals surface area contributed by atoms with Crippen LogP contribution in [0.25, 0.3) is 0 Å². The van der Waals surface area contributed by atoms with Gasteiger partial charge in [-0.25, -0.2) is 0 Å². The first-order valence-electron chi connectivity index (χ1n) is 12.5. The fourth-order valence-corrected chi connectivity index (χ4v) is 4.47. The predicted octanol–water partition coefficient (Wildman–Crippen LogP) is 3.99. The highest BCUT2D eigenvalue weighted by Crippen LogP contribution is 2.33. The van der Waals surface area contributed by atoms with Crippen LogP contribution in [-0.2, 0) is 29.2 Å². The van der Waals surface area contributed by atoms with Gasteiger partial charge in [0.05, 0.1) is 5.69 Å². The van der Waals surface area contributed by atoms with Crippen LogP contribution in [0.5, 0.6) is 5.75 Å². The van der Waals surface area contributed by atoms with Gasteiger partial charge < -0.3 is 25.6 Å². The van der Waals surface area contributed by atoms with E-state index in [9.17, 15) is 14.4 Å². The summed E-state index contributed by atoms with van der Waals surface area (Å²) in [5.74, 6) is 0.383. The highest BCUT2D eigenvalue weighted by Gasteiger charge is 2.33. The van der Waals surface area contributed by atoms with Crippen LogP contribution in [0.2, 0.25) is 0 Å². The molecule has 3 amide bonds. The van der Waals surface area contributed by atoms with Gasteiger partial charge >= 0.3 is 0 Å². The maximum Gasteiger partial charge on any atom is 0.262 e. The van der Waals surface area contributed by atoms with Crippen molar-refractivity contribution >= 4 is 29.6 Å². The summed E-state index contributed by atoms with van der Waals surface area (Å²) in [6.07, 6.45) is 2.80. The SMILES string of the molecule is Cc1ccc(CN(C(=O)c2ccc3c(c2)OCC(=O)N3)C2CC2)cc1.O=CNc1ccc2c(c1)CNC2. The van der Waals surface area contributed by atoms with E-state index in [1.807, 2.05) is 23.1 Å². The average Bonchev–Trinajstić information content (AvgIpc) is 3.64. The molecule has 0 spiro atoms. The van der Waals surface area contributed by atoms with Crippen LogP contribution in [0.1, 0.15) is 45.5 Å². The summed E-state index contributed by atoms with van der Waals surface area (Å²) in [6.45, 7) is 4.50. The lowest BCUT2D eigenvalue weighted by atomic mass is 10.1. The number of rotatable bonds is 6. The fourth-order valence-electron chi connectivity index (χ4n) is 4.47. The van der Waals surface area contributed by atoms with E-state index in [-0.39, 0.29) is 18.4 Å². The molecule has 3 aromatic carbocycles. The van der Waals surface area contributed by atoms with Crippen LogP contribution in [0.15, 0.2) is 60.7 Å². The van der Waals surface area contributed by atoms with E-state index >= 15 is 0 Å². The molecule has 0 atom stereocenters. The van der Waals surface area contributed by atoms with E-state index in [2.05, 4.69) is 47.1 Å². The molecule has 0 unspecified atom stereocenters. The number of anilines is 2. The van der Waals surface area contributed by atoms with Crippen molar-refractivity contribution in [2.24, 2.45) is 0 Å². The minimum atomic E-state index is -0.175. The maximum atomic E-state index is 13.0. The molecule has 0 radical (unpaired) electrons. The van der Waals surface area contributed by atoms with Gasteiger partial charge in [0.25, 0.3) is 11.8 Å². The van der Waals surface area contributed by atoms with Crippen molar-refractivity contribution in [1.29, 1.82) is 0 Å². The molecule has 0 saturated heterocycles. The summed E-state index contributed by atoms with van der Waals surface area (Å²) >= 11 is 0. The number of fused-ring (bicyclic) bond motifs is 2. The molecule has 8 nitrogen and oxygen atoms in total. The van der Waals surface area contributed by atoms with Crippen LogP contribution in [0, 0.1) is 6.92 Å². The zero-order valence-electron chi connectivity index (χ0n) is 20.8. The van der Waals surface area contributed by atoms with Crippen molar-refractivity contribution < 1.29 is 19.1 Å². The van der Waals surface area contributed by atoms with Crippen molar-refractivity contribution in [2.75, 3.05) is 17.2 Å². The van der Waals surface area contributed by atoms with Gasteiger partial charge in [-0.2, -0.15) is 0 Å². The van der Waals surface area contributed by atoms with Gasteiger partial charge in [-0.1, -0.05) is 35.9 Å². The molecular formula is C29H30N4O4. The normalized spacial score (nSPS) is 15.2. The van der Waals surface area contributed by atoms with E-state index in [0.717, 1.165) is 37.2 Å². The third-order valence-electron chi connectivity index (χ3n) is 6.65. The lowest BCUT2D eigenvalue weighted by Gasteiger charge is -2.24. The standard InChI is InChI=1S/C20H20N2O3.C9H10N2O/c1-13-2-4-14(5-3-13)11-22(16-7-8-16)20(24)15-6-9-17-18(10-15)25-12-19(23)21-17;12-6-11-9-2-1-7-4-10-5-8(7)3-9/h2-6,9-10,16H,7-8,11-12H2,1H3,(H,21,23);1-3,6,10H,4-5H2,(H,11,12). The number of carbonyl (C=O) groups excluding carboxylic acids is 3. The van der Waals surface area contributed by atoms with E-state index in [1.165, 1.54) is 16.7 Å². The van der Waals surface area contributed by atoms with Crippen molar-refractivity contribution in [3.8, 4) is 5.75 Å². The first-order chi connectivity index (χ1) is 18.0. The Labute approximate surface area is 216 Å². The number of hydrogen-bond acceptors (Lipinski definition) is 5. The Hall–Kier alpha value is -4.17. The Morgan fingerprint density at radius 3 is 2.59 bits per heavy atom. The zero-order valence-corrected chi connectivity index (χ0v) is 20.8. The van der Waals surface area contributed by atoms with E-state index in [1.54, 1.807) is 18.2 Å². The number of aryl methyl sites for hydroxylation is 1. The molecule has 8 heteroatoms. The van der Waals surface area contributed by atoms with Gasteiger partial charge in [-0.3, -0.25) is 14.4 Å². The van der Waals surface area contributed by atoms with Gasteiger partial charge in [0.2, 0.25) is 6.41 Å². The Kier molecular flexibility index (Phi) is 7.18. The van der Waals surface area contributed by atoms with Crippen molar-refractivity contribution in [3.05, 3.63) is 88.5 Å². The highest BCUT2D eigenvalue weighted by molar-refractivity contribution is 5.99. The topological polar surface area (TPSA) is 99.8 Å². The predicted molar refractivity (Wildman–Crippen MR) is 141 cm³/mol. The van der Waals surface area contributed by atoms with Crippen LogP contribution >= 0.6 is 0 Å². The second-order valence-corrected chi connectivity index (χ2v) is 9.55. The summed E-state index contributed by atoms with van der Waals surface area (Å²) in [5.41, 5.74) is 7.02. The van der Waals surface area contributed by atoms with Gasteiger partial charge in [0.15, 0.2) is 6.61 Å². The lowest BCUT2D eigenvalue weighted by molar-refractivity contribution is -0.118. The molecule has 1 saturated carbocycles. The molecule has 3 aromatic rings. The molecule has 6 rings (SSSR count). The number of hydrogen-bond donors (Lipinski definition) is 3. The summed E-state index contributed by atoms with van der Waals surface area (Å²) in [4.78, 5) is 36.5. The summed E-state index contributed by atoms with van der Waals surface area (Å²) < 4.78 is 5.43. The van der Waals surface area contributed by atoms with Crippen LogP contribution in [0.3, 0.4) is 0 Å². The molecule has 190 valence electrons. The molecule has 0 bridgehead atoms. The molecule has 1 aliphatic carbocycles. The first kappa shape index (κ1) is 24.5. The van der Waals surface area contributed by atoms with E-state index in [4.69, 9.17) is 4.74 Å². The largest absolute Gasteiger partial charge is 0.482 e. The molecule has 2 heterocycles. The van der Waals surface area contributed by atoms with Crippen molar-refractivity contribution in [3.63, 3.8) is 0 Å². The molecular weight excluding hydrogens is 468 g/mol. The first-order valence-corrected chi connectivity index (χ1v) is 12.5. The summed E-state index contributed by atoms with van der Waals surface area (Å²) in [7, 11) is 0. The quantitative estimate of drug-likeness (QED) is 0.447. The lowest BCUT2D eigenvalue weighted by Crippen LogP contribution is -2.33. The second kappa shape index (κ2) is 10.8. The van der Waals surface area contributed by atoms with Crippen LogP contribution in [0.4, 0.5) is 11.4 Å². The molecule has 37 heavy (non-hydrogen) atoms. The maximum absolute atomic E-state index is 13.0. The smallest absolute Gasteiger partial charge is 0.262 e. The molecule has 2 aliphatic heterocycles. The summed E-state index contributed by atoms with van der Waals surface area (Å²) in [6, 6.07) is 19.8. The van der Waals surface area contributed by atoms with Crippen molar-refractivity contribution in [2.45, 2.75) is 45.4 Å². The van der Waals surface area contributed by atoms with E-state index in [0.29, 0.717) is 36.0 Å². The molecule has 3 aliphatic rings. The van der Waals surface area contributed by atoms with Gasteiger partial charge in [0.1, 0.15) is 5.75 Å². The van der Waals surface area contributed by atoms with Gasteiger partial charge in [-0.15, -0.1) is 0 Å². The molecule has 3 N–H and O–H groups in total. The third kappa shape index (κ3) is 5.98. The fraction of sp³-hybridized carbons (Fsp3) is 0.276. The number of benzene rings is 3. The summed E-state index contributed by atoms with van der Waals surface area (Å²) in [5, 5.41) is 8.62. The number of nitrogens with zero attached hydrogens (tertiary/aromatic N) is 1. The number of ether oxygens (including phenoxy) is 1. The highest BCUT2D eigenvalue weighted by atomic mass is 16.5. The zero-order chi connectivity index (χ0) is 25.8. The molecule has 0 aromatic heterocycles. The minimum absolute atomic E-state index is 0.00590.